The largest absolute Gasteiger partial charge is 0.391 e. The fourth-order valence-electron chi connectivity index (χ4n) is 9.28. The Bertz CT molecular complexity index is 2220. The van der Waals surface area contributed by atoms with Gasteiger partial charge < -0.3 is 57.7 Å². The molecule has 0 heterocycles. The molecule has 8 atom stereocenters. The molecular weight excluding hydrogens is 1010 g/mol. The van der Waals surface area contributed by atoms with Crippen molar-refractivity contribution in [3.63, 3.8) is 0 Å². The van der Waals surface area contributed by atoms with Gasteiger partial charge in [0.05, 0.1) is 16.9 Å². The van der Waals surface area contributed by atoms with Crippen LogP contribution >= 0.6 is 0 Å². The van der Waals surface area contributed by atoms with Gasteiger partial charge in [0, 0.05) is 67.0 Å². The Hall–Kier alpha value is -4.89. The Labute approximate surface area is 471 Å². The van der Waals surface area contributed by atoms with Gasteiger partial charge in [-0.2, -0.15) is 0 Å². The maximum atomic E-state index is 13.6. The highest BCUT2D eigenvalue weighted by Crippen LogP contribution is 2.31. The Kier molecular flexibility index (Phi) is 32.0. The molecule has 0 fully saturated rings. The Morgan fingerprint density at radius 3 is 1.47 bits per heavy atom. The van der Waals surface area contributed by atoms with Gasteiger partial charge >= 0.3 is 0 Å². The van der Waals surface area contributed by atoms with Crippen molar-refractivity contribution < 1.29 is 58.8 Å². The number of nitrogens with two attached hydrogens (primary N) is 3. The fourth-order valence-corrected chi connectivity index (χ4v) is 9.28. The number of Topliss-reactive ketones (excluding diaryl/α,β-unsaturated/α-hetero) is 1. The molecule has 4 amide bonds. The van der Waals surface area contributed by atoms with Crippen LogP contribution in [0.4, 0.5) is 0 Å². The normalized spacial score (nSPS) is 15.1. The predicted octanol–water partition coefficient (Wildman–Crippen LogP) is 6.11. The molecule has 79 heavy (non-hydrogen) atoms. The molecule has 2 aromatic carbocycles. The lowest BCUT2D eigenvalue weighted by Gasteiger charge is -2.30. The highest BCUT2D eigenvalue weighted by Gasteiger charge is 2.40. The van der Waals surface area contributed by atoms with Crippen molar-refractivity contribution in [2.45, 2.75) is 179 Å². The average Bonchev–Trinajstić information content (AvgIpc) is 3.36. The molecule has 0 aliphatic heterocycles. The second kappa shape index (κ2) is 35.1. The van der Waals surface area contributed by atoms with E-state index in [1.54, 1.807) is 53.7 Å². The van der Waals surface area contributed by atoms with Crippen LogP contribution < -0.4 is 27.8 Å². The van der Waals surface area contributed by atoms with E-state index in [-0.39, 0.29) is 81.3 Å². The zero-order valence-corrected chi connectivity index (χ0v) is 50.1. The first-order chi connectivity index (χ1) is 36.7. The van der Waals surface area contributed by atoms with Crippen LogP contribution in [0.3, 0.4) is 0 Å². The molecule has 2 aromatic rings. The summed E-state index contributed by atoms with van der Waals surface area (Å²) < 4.78 is 10.0. The minimum absolute atomic E-state index is 0.00296. The molecule has 0 saturated carbocycles. The van der Waals surface area contributed by atoms with E-state index in [1.807, 2.05) is 40.7 Å². The number of aliphatic hydroxyl groups excluding tert-OH is 4. The number of nitrogens with one attached hydrogen (secondary N) is 2. The predicted molar refractivity (Wildman–Crippen MR) is 308 cm³/mol. The van der Waals surface area contributed by atoms with E-state index < -0.39 is 75.5 Å². The number of ether oxygens (including phenoxy) is 2. The summed E-state index contributed by atoms with van der Waals surface area (Å²) in [7, 11) is 0. The van der Waals surface area contributed by atoms with E-state index in [0.29, 0.717) is 44.0 Å². The summed E-state index contributed by atoms with van der Waals surface area (Å²) in [6.07, 6.45) is 2.16. The quantitative estimate of drug-likeness (QED) is 0.0121. The van der Waals surface area contributed by atoms with Gasteiger partial charge in [0.1, 0.15) is 19.7 Å². The number of aryl methyl sites for hydroxylation is 4. The number of rotatable bonds is 37. The topological polar surface area (TPSA) is 330 Å². The number of benzene rings is 2. The molecule has 0 aromatic heterocycles. The van der Waals surface area contributed by atoms with Crippen LogP contribution in [-0.2, 0) is 47.9 Å². The van der Waals surface area contributed by atoms with Gasteiger partial charge in [-0.05, 0) is 156 Å². The van der Waals surface area contributed by atoms with Gasteiger partial charge in [0.15, 0.2) is 5.78 Å². The number of carbonyl (C=O) groups excluding carboxylic acids is 5. The van der Waals surface area contributed by atoms with Crippen LogP contribution in [0.5, 0.6) is 0 Å². The van der Waals surface area contributed by atoms with Crippen molar-refractivity contribution in [1.29, 1.82) is 0 Å². The lowest BCUT2D eigenvalue weighted by Crippen LogP contribution is -2.46. The van der Waals surface area contributed by atoms with E-state index in [2.05, 4.69) is 49.6 Å². The van der Waals surface area contributed by atoms with E-state index in [9.17, 15) is 44.3 Å². The minimum atomic E-state index is -1.47. The summed E-state index contributed by atoms with van der Waals surface area (Å²) in [5.41, 5.74) is 21.7. The van der Waals surface area contributed by atoms with Crippen LogP contribution in [0.2, 0.25) is 0 Å². The molecule has 0 aliphatic rings. The van der Waals surface area contributed by atoms with Crippen LogP contribution in [-0.4, -0.2) is 119 Å². The summed E-state index contributed by atoms with van der Waals surface area (Å²) in [6, 6.07) is 10.0. The first-order valence-electron chi connectivity index (χ1n) is 28.2. The Balaban J connectivity index is 0.000000792. The summed E-state index contributed by atoms with van der Waals surface area (Å²) in [5.74, 6) is -3.65. The van der Waals surface area contributed by atoms with Gasteiger partial charge in [-0.25, -0.2) is 0 Å². The number of nitrogens with zero attached hydrogens (tertiary/aromatic N) is 1. The summed E-state index contributed by atoms with van der Waals surface area (Å²) in [5, 5.41) is 57.3. The third kappa shape index (κ3) is 25.2. The van der Waals surface area contributed by atoms with Gasteiger partial charge in [-0.3, -0.25) is 34.1 Å². The molecule has 0 saturated heterocycles. The standard InChI is InChI=1S/C30H49N3O8.C30H53N3O5/c1-18(2)23(27(36)22-11-10-20(5)21(13-22)9-8-12-41-17-34)14-25(33(39)40)26(35)15-24(19(3)4)28(37)32-16-30(6,7)29(31)38;1-19(2)24(14-22-11-10-21(5)23(13-22)9-8-12-38-18-34)15-26(31)27(35)16-25(20(3)4)28(36)33-17-30(6,7)29(32)37/h10-11,13,18-19,23-26,34-35H,8-9,12,14-17H2,1-7H3,(H2,31,38)(H,32,37);10-11,13,19-20,24-27,34-35H,8-9,12,14-18,31H2,1-7H3,(H2,32,37)(H,33,36)/t23-,24-,25-,26-;24-,25-,26-,27-/m00/s1. The second-order valence-electron chi connectivity index (χ2n) is 24.3. The highest BCUT2D eigenvalue weighted by molar-refractivity contribution is 5.98. The molecule has 450 valence electrons. The van der Waals surface area contributed by atoms with E-state index >= 15 is 0 Å². The number of hydrogen-bond donors (Lipinski definition) is 9. The lowest BCUT2D eigenvalue weighted by atomic mass is 9.79. The van der Waals surface area contributed by atoms with E-state index in [1.165, 1.54) is 16.7 Å². The average molecular weight is 1120 g/mol. The monoisotopic (exact) mass is 1110 g/mol. The molecule has 0 spiro atoms. The minimum Gasteiger partial charge on any atom is -0.391 e. The smallest absolute Gasteiger partial charge is 0.239 e. The Morgan fingerprint density at radius 2 is 1.06 bits per heavy atom. The number of ketones is 1. The summed E-state index contributed by atoms with van der Waals surface area (Å²) in [6.45, 7) is 26.5. The molecule has 0 aliphatic carbocycles. The second-order valence-corrected chi connectivity index (χ2v) is 24.3. The van der Waals surface area contributed by atoms with Crippen molar-refractivity contribution in [2.75, 3.05) is 39.9 Å². The van der Waals surface area contributed by atoms with Crippen molar-refractivity contribution >= 4 is 29.4 Å². The van der Waals surface area contributed by atoms with Crippen LogP contribution in [0.1, 0.15) is 160 Å². The molecular formula is C60H102N6O13. The molecule has 19 nitrogen and oxygen atoms in total. The molecule has 0 unspecified atom stereocenters. The van der Waals surface area contributed by atoms with Crippen molar-refractivity contribution in [2.24, 2.45) is 75.4 Å². The molecule has 0 radical (unpaired) electrons. The maximum absolute atomic E-state index is 13.6. The van der Waals surface area contributed by atoms with Gasteiger partial charge in [0.25, 0.3) is 0 Å². The number of amides is 4. The Morgan fingerprint density at radius 1 is 0.633 bits per heavy atom. The fraction of sp³-hybridized carbons (Fsp3) is 0.717. The number of aliphatic hydroxyl groups is 4. The van der Waals surface area contributed by atoms with Gasteiger partial charge in [-0.1, -0.05) is 85.7 Å². The number of carbonyl (C=O) groups is 5. The number of hydrogen-bond acceptors (Lipinski definition) is 14. The maximum Gasteiger partial charge on any atom is 0.239 e. The third-order valence-electron chi connectivity index (χ3n) is 15.6. The molecule has 2 rings (SSSR count). The summed E-state index contributed by atoms with van der Waals surface area (Å²) >= 11 is 0. The first kappa shape index (κ1) is 72.1. The van der Waals surface area contributed by atoms with Gasteiger partial charge in [-0.15, -0.1) is 0 Å². The lowest BCUT2D eigenvalue weighted by molar-refractivity contribution is -0.537. The van der Waals surface area contributed by atoms with Crippen LogP contribution in [0, 0.1) is 82.1 Å². The van der Waals surface area contributed by atoms with E-state index in [4.69, 9.17) is 36.9 Å². The number of primary amides is 2. The van der Waals surface area contributed by atoms with Crippen molar-refractivity contribution in [3.8, 4) is 0 Å². The zero-order valence-electron chi connectivity index (χ0n) is 50.1. The number of nitro groups is 1. The first-order valence-corrected chi connectivity index (χ1v) is 28.2. The van der Waals surface area contributed by atoms with Crippen LogP contribution in [0.25, 0.3) is 0 Å². The van der Waals surface area contributed by atoms with Crippen LogP contribution in [0.15, 0.2) is 36.4 Å². The summed E-state index contributed by atoms with van der Waals surface area (Å²) in [4.78, 5) is 74.3. The zero-order chi connectivity index (χ0) is 60.5. The SMILES string of the molecule is Cc1ccc(C(=O)[C@@H](C[C@@H]([C@@H](O)C[C@H](C(=O)NCC(C)(C)C(N)=O)C(C)C)[N+](=O)[O-])C(C)C)cc1CCCOCO.Cc1ccc(C[C@@H](C[C@H](N)[C@@H](O)C[C@H](C(=O)NCC(C)(C)C(N)=O)C(C)C)C(C)C)cc1CCCOCO. The van der Waals surface area contributed by atoms with Crippen molar-refractivity contribution in [3.05, 3.63) is 79.9 Å². The third-order valence-corrected chi connectivity index (χ3v) is 15.6. The van der Waals surface area contributed by atoms with Gasteiger partial charge in [0.2, 0.25) is 29.7 Å². The molecule has 19 heteroatoms. The van der Waals surface area contributed by atoms with Crippen molar-refractivity contribution in [1.82, 2.24) is 10.6 Å². The molecule has 12 N–H and O–H groups in total. The van der Waals surface area contributed by atoms with E-state index in [0.717, 1.165) is 30.4 Å². The highest BCUT2D eigenvalue weighted by atomic mass is 16.6. The molecule has 0 bridgehead atoms.